The van der Waals surface area contributed by atoms with E-state index in [0.717, 1.165) is 31.1 Å². The maximum Gasteiger partial charge on any atom is 0.206 e. The molecule has 1 aliphatic heterocycles. The quantitative estimate of drug-likeness (QED) is 0.858. The topological polar surface area (TPSA) is 33.1 Å². The Bertz CT molecular complexity index is 589. The molecule has 0 amide bonds. The first-order valence-electron chi connectivity index (χ1n) is 8.20. The Balaban J connectivity index is 1.85. The van der Waals surface area contributed by atoms with Crippen molar-refractivity contribution >= 4 is 17.0 Å². The van der Waals surface area contributed by atoms with E-state index in [9.17, 15) is 0 Å². The molecule has 0 spiro atoms. The van der Waals surface area contributed by atoms with Gasteiger partial charge in [0.2, 0.25) is 5.95 Å². The number of nitrogens with one attached hydrogen (secondary N) is 1. The lowest BCUT2D eigenvalue weighted by Gasteiger charge is -2.36. The number of hydrogen-bond donors (Lipinski definition) is 1. The van der Waals surface area contributed by atoms with Crippen molar-refractivity contribution in [2.24, 2.45) is 7.05 Å². The molecule has 0 radical (unpaired) electrons. The van der Waals surface area contributed by atoms with Crippen molar-refractivity contribution in [3.05, 3.63) is 24.3 Å². The summed E-state index contributed by atoms with van der Waals surface area (Å²) in [4.78, 5) is 7.38. The van der Waals surface area contributed by atoms with Crippen molar-refractivity contribution in [1.82, 2.24) is 14.9 Å². The van der Waals surface area contributed by atoms with Gasteiger partial charge in [-0.25, -0.2) is 4.98 Å². The third-order valence-corrected chi connectivity index (χ3v) is 4.45. The van der Waals surface area contributed by atoms with Gasteiger partial charge < -0.3 is 14.8 Å². The fraction of sp³-hybridized carbons (Fsp3) is 0.588. The highest BCUT2D eigenvalue weighted by Crippen LogP contribution is 2.26. The van der Waals surface area contributed by atoms with E-state index in [-0.39, 0.29) is 0 Å². The van der Waals surface area contributed by atoms with E-state index >= 15 is 0 Å². The molecule has 1 saturated heterocycles. The smallest absolute Gasteiger partial charge is 0.206 e. The molecule has 1 aliphatic rings. The first-order chi connectivity index (χ1) is 10.3. The number of benzene rings is 1. The zero-order chi connectivity index (χ0) is 14.7. The Morgan fingerprint density at radius 3 is 2.95 bits per heavy atom. The number of anilines is 1. The Morgan fingerprint density at radius 1 is 1.29 bits per heavy atom. The summed E-state index contributed by atoms with van der Waals surface area (Å²) in [6.45, 7) is 5.51. The van der Waals surface area contributed by atoms with Crippen LogP contribution < -0.4 is 10.2 Å². The molecule has 114 valence electrons. The summed E-state index contributed by atoms with van der Waals surface area (Å²) in [5.74, 6) is 1.12. The van der Waals surface area contributed by atoms with Crippen LogP contribution in [0.2, 0.25) is 0 Å². The largest absolute Gasteiger partial charge is 0.338 e. The van der Waals surface area contributed by atoms with Crippen LogP contribution in [0.1, 0.15) is 32.6 Å². The summed E-state index contributed by atoms with van der Waals surface area (Å²) in [6.07, 6.45) is 5.06. The van der Waals surface area contributed by atoms with Gasteiger partial charge in [0.05, 0.1) is 11.0 Å². The van der Waals surface area contributed by atoms with E-state index in [4.69, 9.17) is 4.98 Å². The van der Waals surface area contributed by atoms with E-state index in [1.807, 2.05) is 0 Å². The van der Waals surface area contributed by atoms with Crippen LogP contribution in [0.25, 0.3) is 11.0 Å². The lowest BCUT2D eigenvalue weighted by atomic mass is 10.0. The van der Waals surface area contributed by atoms with Crippen molar-refractivity contribution in [2.75, 3.05) is 24.5 Å². The highest BCUT2D eigenvalue weighted by Gasteiger charge is 2.25. The second kappa shape index (κ2) is 6.48. The number of aromatic nitrogens is 2. The van der Waals surface area contributed by atoms with Crippen molar-refractivity contribution in [3.8, 4) is 0 Å². The van der Waals surface area contributed by atoms with Crippen molar-refractivity contribution in [1.29, 1.82) is 0 Å². The van der Waals surface area contributed by atoms with Gasteiger partial charge in [0.1, 0.15) is 0 Å². The molecule has 4 nitrogen and oxygen atoms in total. The summed E-state index contributed by atoms with van der Waals surface area (Å²) in [5, 5.41) is 3.58. The first kappa shape index (κ1) is 14.4. The number of hydrogen-bond acceptors (Lipinski definition) is 3. The van der Waals surface area contributed by atoms with Crippen LogP contribution in [0.15, 0.2) is 24.3 Å². The van der Waals surface area contributed by atoms with Gasteiger partial charge in [0.15, 0.2) is 0 Å². The molecule has 1 N–H and O–H groups in total. The zero-order valence-electron chi connectivity index (χ0n) is 13.2. The van der Waals surface area contributed by atoms with Gasteiger partial charge in [0, 0.05) is 26.2 Å². The molecule has 1 fully saturated rings. The van der Waals surface area contributed by atoms with Crippen LogP contribution in [0.4, 0.5) is 5.95 Å². The first-order valence-corrected chi connectivity index (χ1v) is 8.20. The molecule has 1 atom stereocenters. The SMILES string of the molecule is CCCNCC1CCCCN1c1nc2ccccc2n1C. The molecule has 3 rings (SSSR count). The van der Waals surface area contributed by atoms with Crippen molar-refractivity contribution < 1.29 is 0 Å². The summed E-state index contributed by atoms with van der Waals surface area (Å²) >= 11 is 0. The van der Waals surface area contributed by atoms with Gasteiger partial charge in [0.25, 0.3) is 0 Å². The number of piperidine rings is 1. The molecule has 1 aromatic heterocycles. The van der Waals surface area contributed by atoms with Crippen molar-refractivity contribution in [2.45, 2.75) is 38.6 Å². The standard InChI is InChI=1S/C17H26N4/c1-3-11-18-13-14-8-6-7-12-21(14)17-19-15-9-4-5-10-16(15)20(17)2/h4-5,9-10,14,18H,3,6-8,11-13H2,1-2H3. The fourth-order valence-corrected chi connectivity index (χ4v) is 3.31. The van der Waals surface area contributed by atoms with E-state index in [1.54, 1.807) is 0 Å². The molecular weight excluding hydrogens is 260 g/mol. The average Bonchev–Trinajstić information content (AvgIpc) is 2.86. The van der Waals surface area contributed by atoms with E-state index in [2.05, 4.69) is 53.0 Å². The molecule has 1 aromatic carbocycles. The third kappa shape index (κ3) is 2.91. The minimum absolute atomic E-state index is 0.570. The predicted molar refractivity (Wildman–Crippen MR) is 88.9 cm³/mol. The molecular formula is C17H26N4. The zero-order valence-corrected chi connectivity index (χ0v) is 13.2. The number of fused-ring (bicyclic) bond motifs is 1. The monoisotopic (exact) mass is 286 g/mol. The predicted octanol–water partition coefficient (Wildman–Crippen LogP) is 2.93. The molecule has 0 aliphatic carbocycles. The van der Waals surface area contributed by atoms with Crippen LogP contribution in [-0.2, 0) is 7.05 Å². The summed E-state index contributed by atoms with van der Waals surface area (Å²) < 4.78 is 2.24. The number of rotatable bonds is 5. The molecule has 4 heteroatoms. The molecule has 1 unspecified atom stereocenters. The minimum Gasteiger partial charge on any atom is -0.338 e. The molecule has 21 heavy (non-hydrogen) atoms. The van der Waals surface area contributed by atoms with Gasteiger partial charge >= 0.3 is 0 Å². The van der Waals surface area contributed by atoms with Crippen LogP contribution in [0, 0.1) is 0 Å². The van der Waals surface area contributed by atoms with Gasteiger partial charge in [-0.3, -0.25) is 0 Å². The third-order valence-electron chi connectivity index (χ3n) is 4.45. The number of nitrogens with zero attached hydrogens (tertiary/aromatic N) is 3. The summed E-state index contributed by atoms with van der Waals surface area (Å²) in [6, 6.07) is 8.98. The molecule has 0 bridgehead atoms. The summed E-state index contributed by atoms with van der Waals surface area (Å²) in [5.41, 5.74) is 2.32. The van der Waals surface area contributed by atoms with Gasteiger partial charge in [-0.1, -0.05) is 19.1 Å². The number of imidazole rings is 1. The summed E-state index contributed by atoms with van der Waals surface area (Å²) in [7, 11) is 2.13. The second-order valence-corrected chi connectivity index (χ2v) is 6.01. The molecule has 0 saturated carbocycles. The Morgan fingerprint density at radius 2 is 2.14 bits per heavy atom. The lowest BCUT2D eigenvalue weighted by molar-refractivity contribution is 0.427. The Labute approximate surface area is 127 Å². The normalized spacial score (nSPS) is 19.3. The van der Waals surface area contributed by atoms with E-state index < -0.39 is 0 Å². The van der Waals surface area contributed by atoms with Crippen molar-refractivity contribution in [3.63, 3.8) is 0 Å². The Kier molecular flexibility index (Phi) is 4.44. The minimum atomic E-state index is 0.570. The van der Waals surface area contributed by atoms with Crippen LogP contribution in [0.3, 0.4) is 0 Å². The maximum atomic E-state index is 4.88. The highest BCUT2D eigenvalue weighted by atomic mass is 15.3. The van der Waals surface area contributed by atoms with Crippen LogP contribution in [-0.4, -0.2) is 35.2 Å². The Hall–Kier alpha value is -1.55. The maximum absolute atomic E-state index is 4.88. The van der Waals surface area contributed by atoms with E-state index in [1.165, 1.54) is 31.2 Å². The fourth-order valence-electron chi connectivity index (χ4n) is 3.31. The van der Waals surface area contributed by atoms with Gasteiger partial charge in [-0.2, -0.15) is 0 Å². The number of para-hydroxylation sites is 2. The van der Waals surface area contributed by atoms with Gasteiger partial charge in [-0.05, 0) is 44.4 Å². The van der Waals surface area contributed by atoms with Crippen LogP contribution >= 0.6 is 0 Å². The van der Waals surface area contributed by atoms with Crippen LogP contribution in [0.5, 0.6) is 0 Å². The van der Waals surface area contributed by atoms with Gasteiger partial charge in [-0.15, -0.1) is 0 Å². The molecule has 2 aromatic rings. The average molecular weight is 286 g/mol. The van der Waals surface area contributed by atoms with E-state index in [0.29, 0.717) is 6.04 Å². The molecule has 2 heterocycles. The highest BCUT2D eigenvalue weighted by molar-refractivity contribution is 5.78. The number of aryl methyl sites for hydroxylation is 1. The second-order valence-electron chi connectivity index (χ2n) is 6.01. The lowest BCUT2D eigenvalue weighted by Crippen LogP contribution is -2.46.